The first-order chi connectivity index (χ1) is 10.8. The molecule has 0 radical (unpaired) electrons. The Labute approximate surface area is 136 Å². The molecule has 4 nitrogen and oxygen atoms in total. The average molecular weight is 313 g/mol. The van der Waals surface area contributed by atoms with Crippen LogP contribution in [0.2, 0.25) is 0 Å². The van der Waals surface area contributed by atoms with Gasteiger partial charge in [-0.25, -0.2) is 4.79 Å². The number of piperidine rings is 1. The average Bonchev–Trinajstić information content (AvgIpc) is 2.53. The van der Waals surface area contributed by atoms with Gasteiger partial charge in [0.15, 0.2) is 6.23 Å². The first-order valence-corrected chi connectivity index (χ1v) is 9.36. The number of carbonyl (C=O) groups excluding carboxylic acids is 1. The monoisotopic (exact) mass is 313 g/mol. The Hall–Kier alpha value is -0.770. The predicted octanol–water partition coefficient (Wildman–Crippen LogP) is 5.16. The van der Waals surface area contributed by atoms with Crippen molar-refractivity contribution in [2.45, 2.75) is 103 Å². The summed E-state index contributed by atoms with van der Waals surface area (Å²) in [5.74, 6) is 0. The van der Waals surface area contributed by atoms with Crippen molar-refractivity contribution in [3.8, 4) is 0 Å². The molecule has 0 saturated carbocycles. The van der Waals surface area contributed by atoms with E-state index in [1.54, 1.807) is 0 Å². The Morgan fingerprint density at radius 3 is 2.45 bits per heavy atom. The Morgan fingerprint density at radius 2 is 1.82 bits per heavy atom. The highest BCUT2D eigenvalue weighted by Crippen LogP contribution is 2.15. The van der Waals surface area contributed by atoms with Crippen LogP contribution >= 0.6 is 0 Å². The van der Waals surface area contributed by atoms with E-state index in [2.05, 4.69) is 19.2 Å². The van der Waals surface area contributed by atoms with E-state index < -0.39 is 6.16 Å². The zero-order valence-corrected chi connectivity index (χ0v) is 14.6. The van der Waals surface area contributed by atoms with E-state index in [0.29, 0.717) is 0 Å². The molecule has 1 heterocycles. The highest BCUT2D eigenvalue weighted by molar-refractivity contribution is 5.60. The summed E-state index contributed by atoms with van der Waals surface area (Å²) in [5, 5.41) is 3.19. The topological polar surface area (TPSA) is 47.6 Å². The largest absolute Gasteiger partial charge is 0.510 e. The lowest BCUT2D eigenvalue weighted by molar-refractivity contribution is -0.0209. The molecule has 0 amide bonds. The zero-order valence-electron chi connectivity index (χ0n) is 14.6. The van der Waals surface area contributed by atoms with Crippen molar-refractivity contribution in [2.75, 3.05) is 6.54 Å². The number of hydrogen-bond donors (Lipinski definition) is 1. The summed E-state index contributed by atoms with van der Waals surface area (Å²) in [4.78, 5) is 11.8. The standard InChI is InChI=1S/C18H35NO3/c1-3-5-6-7-8-9-10-13-16(4-2)21-18(20)22-17-14-11-12-15-19-17/h16-17,19H,3-15H2,1-2H3. The lowest BCUT2D eigenvalue weighted by Gasteiger charge is -2.24. The molecular formula is C18H35NO3. The van der Waals surface area contributed by atoms with E-state index in [1.165, 1.54) is 38.5 Å². The third-order valence-electron chi connectivity index (χ3n) is 4.35. The molecule has 2 unspecified atom stereocenters. The number of carbonyl (C=O) groups is 1. The molecule has 4 heteroatoms. The molecule has 0 spiro atoms. The first kappa shape index (κ1) is 19.3. The Bertz CT molecular complexity index is 278. The number of unbranched alkanes of at least 4 members (excludes halogenated alkanes) is 6. The lowest BCUT2D eigenvalue weighted by Crippen LogP contribution is -2.38. The summed E-state index contributed by atoms with van der Waals surface area (Å²) < 4.78 is 10.8. The number of nitrogens with one attached hydrogen (secondary N) is 1. The van der Waals surface area contributed by atoms with E-state index in [4.69, 9.17) is 9.47 Å². The Kier molecular flexibility index (Phi) is 11.2. The summed E-state index contributed by atoms with van der Waals surface area (Å²) in [5.41, 5.74) is 0. The Morgan fingerprint density at radius 1 is 1.09 bits per heavy atom. The van der Waals surface area contributed by atoms with Crippen molar-refractivity contribution < 1.29 is 14.3 Å². The normalized spacial score (nSPS) is 19.6. The number of rotatable bonds is 11. The van der Waals surface area contributed by atoms with Gasteiger partial charge in [0.1, 0.15) is 6.10 Å². The summed E-state index contributed by atoms with van der Waals surface area (Å²) in [6.07, 6.45) is 13.3. The van der Waals surface area contributed by atoms with Gasteiger partial charge >= 0.3 is 6.16 Å². The molecule has 0 aromatic heterocycles. The summed E-state index contributed by atoms with van der Waals surface area (Å²) >= 11 is 0. The molecule has 1 N–H and O–H groups in total. The van der Waals surface area contributed by atoms with Crippen molar-refractivity contribution >= 4 is 6.16 Å². The fourth-order valence-corrected chi connectivity index (χ4v) is 2.88. The van der Waals surface area contributed by atoms with Crippen LogP contribution in [0.25, 0.3) is 0 Å². The zero-order chi connectivity index (χ0) is 16.0. The van der Waals surface area contributed by atoms with Gasteiger partial charge in [0.2, 0.25) is 0 Å². The molecule has 2 atom stereocenters. The van der Waals surface area contributed by atoms with E-state index in [-0.39, 0.29) is 12.3 Å². The van der Waals surface area contributed by atoms with Crippen molar-refractivity contribution in [1.82, 2.24) is 5.32 Å². The minimum Gasteiger partial charge on any atom is -0.431 e. The van der Waals surface area contributed by atoms with Gasteiger partial charge in [0, 0.05) is 0 Å². The lowest BCUT2D eigenvalue weighted by atomic mass is 10.1. The van der Waals surface area contributed by atoms with Crippen molar-refractivity contribution in [2.24, 2.45) is 0 Å². The molecule has 0 aromatic carbocycles. The molecule has 1 aliphatic heterocycles. The van der Waals surface area contributed by atoms with Crippen LogP contribution in [0.4, 0.5) is 4.79 Å². The summed E-state index contributed by atoms with van der Waals surface area (Å²) in [6.45, 7) is 5.23. The van der Waals surface area contributed by atoms with Crippen LogP contribution in [0.1, 0.15) is 90.9 Å². The van der Waals surface area contributed by atoms with Crippen LogP contribution < -0.4 is 5.32 Å². The van der Waals surface area contributed by atoms with Gasteiger partial charge in [0.25, 0.3) is 0 Å². The van der Waals surface area contributed by atoms with Gasteiger partial charge in [-0.1, -0.05) is 52.4 Å². The second-order valence-electron chi connectivity index (χ2n) is 6.36. The quantitative estimate of drug-likeness (QED) is 0.423. The minimum absolute atomic E-state index is 0.00623. The molecule has 1 fully saturated rings. The second-order valence-corrected chi connectivity index (χ2v) is 6.36. The molecule has 130 valence electrons. The van der Waals surface area contributed by atoms with Crippen molar-refractivity contribution in [3.63, 3.8) is 0 Å². The molecular weight excluding hydrogens is 278 g/mol. The van der Waals surface area contributed by atoms with Crippen molar-refractivity contribution in [3.05, 3.63) is 0 Å². The maximum Gasteiger partial charge on any atom is 0.510 e. The minimum atomic E-state index is -0.505. The van der Waals surface area contributed by atoms with Crippen molar-refractivity contribution in [1.29, 1.82) is 0 Å². The van der Waals surface area contributed by atoms with Crippen LogP contribution in [0.15, 0.2) is 0 Å². The smallest absolute Gasteiger partial charge is 0.431 e. The molecule has 1 saturated heterocycles. The van der Waals surface area contributed by atoms with E-state index >= 15 is 0 Å². The van der Waals surface area contributed by atoms with E-state index in [9.17, 15) is 4.79 Å². The van der Waals surface area contributed by atoms with E-state index in [1.807, 2.05) is 0 Å². The van der Waals surface area contributed by atoms with Gasteiger partial charge in [-0.2, -0.15) is 0 Å². The molecule has 0 bridgehead atoms. The van der Waals surface area contributed by atoms with Crippen LogP contribution in [-0.4, -0.2) is 25.0 Å². The third-order valence-corrected chi connectivity index (χ3v) is 4.35. The first-order valence-electron chi connectivity index (χ1n) is 9.36. The number of ether oxygens (including phenoxy) is 2. The van der Waals surface area contributed by atoms with E-state index in [0.717, 1.165) is 45.1 Å². The molecule has 0 aromatic rings. The summed E-state index contributed by atoms with van der Waals surface area (Å²) in [7, 11) is 0. The van der Waals surface area contributed by atoms with Gasteiger partial charge in [-0.15, -0.1) is 0 Å². The molecule has 0 aliphatic carbocycles. The Balaban J connectivity index is 2.06. The fourth-order valence-electron chi connectivity index (χ4n) is 2.88. The second kappa shape index (κ2) is 12.7. The van der Waals surface area contributed by atoms with Gasteiger partial charge in [-0.05, 0) is 45.1 Å². The molecule has 22 heavy (non-hydrogen) atoms. The van der Waals surface area contributed by atoms with Crippen LogP contribution in [0.3, 0.4) is 0 Å². The van der Waals surface area contributed by atoms with Gasteiger partial charge < -0.3 is 9.47 Å². The summed E-state index contributed by atoms with van der Waals surface area (Å²) in [6, 6.07) is 0. The fraction of sp³-hybridized carbons (Fsp3) is 0.944. The SMILES string of the molecule is CCCCCCCCCC(CC)OC(=O)OC1CCCCN1. The van der Waals surface area contributed by atoms with Crippen LogP contribution in [0, 0.1) is 0 Å². The highest BCUT2D eigenvalue weighted by Gasteiger charge is 2.20. The highest BCUT2D eigenvalue weighted by atomic mass is 16.7. The maximum atomic E-state index is 11.8. The van der Waals surface area contributed by atoms with Gasteiger partial charge in [0.05, 0.1) is 0 Å². The predicted molar refractivity (Wildman–Crippen MR) is 89.9 cm³/mol. The number of hydrogen-bond acceptors (Lipinski definition) is 4. The van der Waals surface area contributed by atoms with Crippen LogP contribution in [-0.2, 0) is 9.47 Å². The van der Waals surface area contributed by atoms with Gasteiger partial charge in [-0.3, -0.25) is 5.32 Å². The molecule has 1 rings (SSSR count). The third kappa shape index (κ3) is 9.29. The maximum absolute atomic E-state index is 11.8. The molecule has 1 aliphatic rings. The van der Waals surface area contributed by atoms with Crippen LogP contribution in [0.5, 0.6) is 0 Å².